The highest BCUT2D eigenvalue weighted by Gasteiger charge is 2.35. The number of anilines is 1. The van der Waals surface area contributed by atoms with Crippen molar-refractivity contribution in [3.63, 3.8) is 0 Å². The number of aromatic nitrogens is 2. The van der Waals surface area contributed by atoms with Gasteiger partial charge in [-0.05, 0) is 18.2 Å². The molecule has 5 nitrogen and oxygen atoms in total. The Bertz CT molecular complexity index is 698. The molecule has 0 aliphatic heterocycles. The van der Waals surface area contributed by atoms with Crippen molar-refractivity contribution in [3.8, 4) is 5.75 Å². The van der Waals surface area contributed by atoms with E-state index in [2.05, 4.69) is 10.4 Å². The highest BCUT2D eigenvalue weighted by atomic mass is 35.5. The Morgan fingerprint density at radius 3 is 2.62 bits per heavy atom. The molecule has 1 heterocycles. The third-order valence-electron chi connectivity index (χ3n) is 2.61. The molecule has 1 aromatic carbocycles. The zero-order valence-electron chi connectivity index (χ0n) is 10.6. The van der Waals surface area contributed by atoms with E-state index >= 15 is 0 Å². The zero-order valence-corrected chi connectivity index (χ0v) is 11.3. The Balaban J connectivity index is 2.27. The number of aryl methyl sites for hydroxylation is 1. The van der Waals surface area contributed by atoms with Gasteiger partial charge in [0.05, 0.1) is 5.69 Å². The number of hydrogen-bond acceptors (Lipinski definition) is 3. The van der Waals surface area contributed by atoms with Crippen molar-refractivity contribution in [2.24, 2.45) is 7.05 Å². The lowest BCUT2D eigenvalue weighted by Gasteiger charge is -2.05. The van der Waals surface area contributed by atoms with Crippen LogP contribution in [0.5, 0.6) is 5.75 Å². The third kappa shape index (κ3) is 3.27. The number of phenolic OH excluding ortho intramolecular Hbond substituents is 1. The minimum absolute atomic E-state index is 0.0216. The third-order valence-corrected chi connectivity index (χ3v) is 2.84. The topological polar surface area (TPSA) is 67.2 Å². The summed E-state index contributed by atoms with van der Waals surface area (Å²) in [5.74, 6) is -1.15. The van der Waals surface area contributed by atoms with Crippen molar-refractivity contribution in [1.82, 2.24) is 9.78 Å². The summed E-state index contributed by atoms with van der Waals surface area (Å²) in [5, 5.41) is 15.5. The van der Waals surface area contributed by atoms with Gasteiger partial charge in [0.2, 0.25) is 0 Å². The highest BCUT2D eigenvalue weighted by molar-refractivity contribution is 6.31. The van der Waals surface area contributed by atoms with E-state index < -0.39 is 23.5 Å². The predicted octanol–water partition coefficient (Wildman–Crippen LogP) is 3.05. The Morgan fingerprint density at radius 1 is 1.38 bits per heavy atom. The molecule has 0 saturated carbocycles. The van der Waals surface area contributed by atoms with Gasteiger partial charge in [0.25, 0.3) is 5.91 Å². The molecule has 0 aliphatic carbocycles. The molecule has 0 unspecified atom stereocenters. The highest BCUT2D eigenvalue weighted by Crippen LogP contribution is 2.30. The summed E-state index contributed by atoms with van der Waals surface area (Å²) in [6.45, 7) is 0. The van der Waals surface area contributed by atoms with Crippen LogP contribution in [-0.4, -0.2) is 20.8 Å². The molecule has 2 aromatic rings. The molecule has 112 valence electrons. The number of phenols is 1. The fourth-order valence-electron chi connectivity index (χ4n) is 1.64. The molecule has 0 saturated heterocycles. The van der Waals surface area contributed by atoms with Crippen LogP contribution in [0.25, 0.3) is 0 Å². The first kappa shape index (κ1) is 15.2. The Morgan fingerprint density at radius 2 is 2.05 bits per heavy atom. The first-order chi connectivity index (χ1) is 9.68. The average Bonchev–Trinajstić information content (AvgIpc) is 2.76. The molecule has 0 spiro atoms. The minimum atomic E-state index is -4.61. The second-order valence-corrected chi connectivity index (χ2v) is 4.59. The van der Waals surface area contributed by atoms with Crippen LogP contribution in [0.3, 0.4) is 0 Å². The number of rotatable bonds is 2. The van der Waals surface area contributed by atoms with E-state index in [1.807, 2.05) is 0 Å². The van der Waals surface area contributed by atoms with E-state index in [9.17, 15) is 23.1 Å². The SMILES string of the molecule is Cn1nc(C(=O)Nc2cc(Cl)ccc2O)cc1C(F)(F)F. The van der Waals surface area contributed by atoms with Gasteiger partial charge in [-0.3, -0.25) is 9.48 Å². The number of carbonyl (C=O) groups excluding carboxylic acids is 1. The molecule has 9 heteroatoms. The van der Waals surface area contributed by atoms with Gasteiger partial charge in [-0.2, -0.15) is 18.3 Å². The van der Waals surface area contributed by atoms with Crippen molar-refractivity contribution >= 4 is 23.2 Å². The molecular formula is C12H9ClF3N3O2. The van der Waals surface area contributed by atoms with Crippen LogP contribution in [0.15, 0.2) is 24.3 Å². The number of benzene rings is 1. The van der Waals surface area contributed by atoms with Crippen molar-refractivity contribution in [2.75, 3.05) is 5.32 Å². The van der Waals surface area contributed by atoms with Crippen LogP contribution in [-0.2, 0) is 13.2 Å². The van der Waals surface area contributed by atoms with Crippen LogP contribution >= 0.6 is 11.6 Å². The summed E-state index contributed by atoms with van der Waals surface area (Å²) in [6.07, 6.45) is -4.61. The van der Waals surface area contributed by atoms with Crippen molar-refractivity contribution in [2.45, 2.75) is 6.18 Å². The predicted molar refractivity (Wildman–Crippen MR) is 69.3 cm³/mol. The number of hydrogen-bond donors (Lipinski definition) is 2. The number of nitrogens with one attached hydrogen (secondary N) is 1. The zero-order chi connectivity index (χ0) is 15.8. The van der Waals surface area contributed by atoms with Gasteiger partial charge >= 0.3 is 6.18 Å². The van der Waals surface area contributed by atoms with E-state index in [-0.39, 0.29) is 16.5 Å². The first-order valence-electron chi connectivity index (χ1n) is 5.59. The van der Waals surface area contributed by atoms with E-state index in [1.165, 1.54) is 18.2 Å². The molecule has 0 aliphatic rings. The molecule has 1 amide bonds. The molecule has 2 N–H and O–H groups in total. The van der Waals surface area contributed by atoms with Crippen LogP contribution in [0.1, 0.15) is 16.2 Å². The number of nitrogens with zero attached hydrogens (tertiary/aromatic N) is 2. The summed E-state index contributed by atoms with van der Waals surface area (Å²) < 4.78 is 38.4. The minimum Gasteiger partial charge on any atom is -0.506 e. The van der Waals surface area contributed by atoms with Gasteiger partial charge < -0.3 is 10.4 Å². The van der Waals surface area contributed by atoms with Crippen LogP contribution in [0, 0.1) is 0 Å². The largest absolute Gasteiger partial charge is 0.506 e. The standard InChI is InChI=1S/C12H9ClF3N3O2/c1-19-10(12(14,15)16)5-8(18-19)11(21)17-7-4-6(13)2-3-9(7)20/h2-5,20H,1H3,(H,17,21). The number of carbonyl (C=O) groups is 1. The van der Waals surface area contributed by atoms with Crippen LogP contribution < -0.4 is 5.32 Å². The Labute approximate surface area is 121 Å². The van der Waals surface area contributed by atoms with Gasteiger partial charge in [0, 0.05) is 18.1 Å². The van der Waals surface area contributed by atoms with Gasteiger partial charge in [0.1, 0.15) is 11.4 Å². The van der Waals surface area contributed by atoms with E-state index in [4.69, 9.17) is 11.6 Å². The lowest BCUT2D eigenvalue weighted by molar-refractivity contribution is -0.143. The van der Waals surface area contributed by atoms with Gasteiger partial charge in [-0.1, -0.05) is 11.6 Å². The smallest absolute Gasteiger partial charge is 0.433 e. The van der Waals surface area contributed by atoms with Crippen molar-refractivity contribution in [1.29, 1.82) is 0 Å². The monoisotopic (exact) mass is 319 g/mol. The van der Waals surface area contributed by atoms with Gasteiger partial charge in [0.15, 0.2) is 5.69 Å². The quantitative estimate of drug-likeness (QED) is 0.836. The van der Waals surface area contributed by atoms with E-state index in [0.29, 0.717) is 10.7 Å². The molecule has 0 bridgehead atoms. The fourth-order valence-corrected chi connectivity index (χ4v) is 1.81. The Kier molecular flexibility index (Phi) is 3.82. The lowest BCUT2D eigenvalue weighted by Crippen LogP contribution is -2.13. The van der Waals surface area contributed by atoms with Crippen molar-refractivity contribution in [3.05, 3.63) is 40.7 Å². The van der Waals surface area contributed by atoms with Gasteiger partial charge in [-0.15, -0.1) is 0 Å². The van der Waals surface area contributed by atoms with Crippen LogP contribution in [0.4, 0.5) is 18.9 Å². The maximum absolute atomic E-state index is 12.6. The second-order valence-electron chi connectivity index (χ2n) is 4.15. The van der Waals surface area contributed by atoms with E-state index in [1.54, 1.807) is 0 Å². The number of alkyl halides is 3. The van der Waals surface area contributed by atoms with Crippen LogP contribution in [0.2, 0.25) is 5.02 Å². The lowest BCUT2D eigenvalue weighted by atomic mass is 10.2. The Hall–Kier alpha value is -2.22. The number of amides is 1. The summed E-state index contributed by atoms with van der Waals surface area (Å²) in [6, 6.07) is 4.53. The molecule has 0 atom stereocenters. The second kappa shape index (κ2) is 5.28. The van der Waals surface area contributed by atoms with E-state index in [0.717, 1.165) is 7.05 Å². The number of aromatic hydroxyl groups is 1. The summed E-state index contributed by atoms with van der Waals surface area (Å²) in [7, 11) is 1.08. The summed E-state index contributed by atoms with van der Waals surface area (Å²) in [5.41, 5.74) is -1.50. The fraction of sp³-hybridized carbons (Fsp3) is 0.167. The maximum Gasteiger partial charge on any atom is 0.433 e. The molecule has 0 radical (unpaired) electrons. The first-order valence-corrected chi connectivity index (χ1v) is 5.97. The normalized spacial score (nSPS) is 11.5. The molecule has 0 fully saturated rings. The molecule has 21 heavy (non-hydrogen) atoms. The molecule has 2 rings (SSSR count). The average molecular weight is 320 g/mol. The maximum atomic E-state index is 12.6. The van der Waals surface area contributed by atoms with Crippen molar-refractivity contribution < 1.29 is 23.1 Å². The number of halogens is 4. The van der Waals surface area contributed by atoms with Gasteiger partial charge in [-0.25, -0.2) is 0 Å². The summed E-state index contributed by atoms with van der Waals surface area (Å²) >= 11 is 5.70. The molecule has 1 aromatic heterocycles. The molecular weight excluding hydrogens is 311 g/mol. The summed E-state index contributed by atoms with van der Waals surface area (Å²) in [4.78, 5) is 11.9.